The fourth-order valence-electron chi connectivity index (χ4n) is 2.88. The second-order valence-corrected chi connectivity index (χ2v) is 6.00. The summed E-state index contributed by atoms with van der Waals surface area (Å²) >= 11 is 0. The minimum absolute atomic E-state index is 0.116. The molecule has 2 aromatic carbocycles. The number of carbonyl (C=O) groups excluding carboxylic acids is 1. The Hall–Kier alpha value is -2.33. The maximum atomic E-state index is 12.1. The monoisotopic (exact) mass is 312 g/mol. The van der Waals surface area contributed by atoms with Gasteiger partial charge in [0.15, 0.2) is 0 Å². The molecular formula is C19H20O4. The first-order chi connectivity index (χ1) is 11.1. The molecule has 0 bridgehead atoms. The SMILES string of the molecule is O=C(Oc1ccc(-c2ccc(O)cc2)cc1)C1CCC(O)CC1. The van der Waals surface area contributed by atoms with Crippen LogP contribution in [0, 0.1) is 5.92 Å². The second-order valence-electron chi connectivity index (χ2n) is 6.00. The van der Waals surface area contributed by atoms with E-state index in [1.807, 2.05) is 24.3 Å². The van der Waals surface area contributed by atoms with Crippen molar-refractivity contribution in [2.45, 2.75) is 31.8 Å². The maximum absolute atomic E-state index is 12.1. The van der Waals surface area contributed by atoms with Gasteiger partial charge in [0.25, 0.3) is 0 Å². The summed E-state index contributed by atoms with van der Waals surface area (Å²) in [5.74, 6) is 0.435. The highest BCUT2D eigenvalue weighted by Crippen LogP contribution is 2.27. The molecule has 0 spiro atoms. The van der Waals surface area contributed by atoms with E-state index in [2.05, 4.69) is 0 Å². The number of aliphatic hydroxyl groups is 1. The highest BCUT2D eigenvalue weighted by molar-refractivity contribution is 5.75. The summed E-state index contributed by atoms with van der Waals surface area (Å²) in [6.45, 7) is 0. The molecule has 0 saturated heterocycles. The zero-order valence-corrected chi connectivity index (χ0v) is 12.8. The number of carbonyl (C=O) groups is 1. The molecule has 1 saturated carbocycles. The molecule has 3 rings (SSSR count). The third-order valence-corrected chi connectivity index (χ3v) is 4.30. The van der Waals surface area contributed by atoms with Crippen LogP contribution in [0.25, 0.3) is 11.1 Å². The first-order valence-electron chi connectivity index (χ1n) is 7.91. The number of hydrogen-bond acceptors (Lipinski definition) is 4. The molecule has 0 radical (unpaired) electrons. The van der Waals surface area contributed by atoms with Crippen molar-refractivity contribution in [1.29, 1.82) is 0 Å². The van der Waals surface area contributed by atoms with Crippen LogP contribution in [-0.4, -0.2) is 22.3 Å². The predicted molar refractivity (Wildman–Crippen MR) is 87.1 cm³/mol. The van der Waals surface area contributed by atoms with Gasteiger partial charge in [-0.1, -0.05) is 24.3 Å². The predicted octanol–water partition coefficient (Wildman–Crippen LogP) is 3.52. The van der Waals surface area contributed by atoms with Crippen molar-refractivity contribution in [3.63, 3.8) is 0 Å². The van der Waals surface area contributed by atoms with Crippen LogP contribution in [-0.2, 0) is 4.79 Å². The summed E-state index contributed by atoms with van der Waals surface area (Å²) in [6, 6.07) is 14.3. The maximum Gasteiger partial charge on any atom is 0.314 e. The molecule has 0 atom stereocenters. The summed E-state index contributed by atoms with van der Waals surface area (Å²) in [5.41, 5.74) is 1.98. The van der Waals surface area contributed by atoms with Crippen LogP contribution in [0.2, 0.25) is 0 Å². The first kappa shape index (κ1) is 15.6. The molecule has 0 aromatic heterocycles. The molecule has 1 fully saturated rings. The number of benzene rings is 2. The van der Waals surface area contributed by atoms with Gasteiger partial charge < -0.3 is 14.9 Å². The van der Waals surface area contributed by atoms with E-state index in [1.165, 1.54) is 0 Å². The third kappa shape index (κ3) is 3.90. The fourth-order valence-corrected chi connectivity index (χ4v) is 2.88. The molecule has 2 aromatic rings. The zero-order chi connectivity index (χ0) is 16.2. The third-order valence-electron chi connectivity index (χ3n) is 4.30. The number of phenolic OH excluding ortho intramolecular Hbond substituents is 1. The van der Waals surface area contributed by atoms with Gasteiger partial charge in [0, 0.05) is 0 Å². The number of aliphatic hydroxyl groups excluding tert-OH is 1. The van der Waals surface area contributed by atoms with Crippen LogP contribution in [0.15, 0.2) is 48.5 Å². The van der Waals surface area contributed by atoms with E-state index in [9.17, 15) is 15.0 Å². The minimum atomic E-state index is -0.274. The summed E-state index contributed by atoms with van der Waals surface area (Å²) < 4.78 is 5.44. The Bertz CT molecular complexity index is 653. The van der Waals surface area contributed by atoms with Crippen molar-refractivity contribution in [2.75, 3.05) is 0 Å². The van der Waals surface area contributed by atoms with E-state index in [-0.39, 0.29) is 23.7 Å². The zero-order valence-electron chi connectivity index (χ0n) is 12.8. The van der Waals surface area contributed by atoms with Crippen LogP contribution >= 0.6 is 0 Å². The topological polar surface area (TPSA) is 66.8 Å². The van der Waals surface area contributed by atoms with Crippen molar-refractivity contribution in [2.24, 2.45) is 5.92 Å². The fraction of sp³-hybridized carbons (Fsp3) is 0.316. The Morgan fingerprint density at radius 1 is 0.870 bits per heavy atom. The largest absolute Gasteiger partial charge is 0.508 e. The van der Waals surface area contributed by atoms with E-state index in [0.717, 1.165) is 11.1 Å². The van der Waals surface area contributed by atoms with Crippen LogP contribution in [0.1, 0.15) is 25.7 Å². The Labute approximate surface area is 135 Å². The summed E-state index contributed by atoms with van der Waals surface area (Å²) in [6.07, 6.45) is 2.43. The van der Waals surface area contributed by atoms with Crippen molar-refractivity contribution in [3.8, 4) is 22.6 Å². The molecule has 4 heteroatoms. The molecule has 23 heavy (non-hydrogen) atoms. The van der Waals surface area contributed by atoms with Gasteiger partial charge in [-0.05, 0) is 61.1 Å². The Balaban J connectivity index is 1.63. The highest BCUT2D eigenvalue weighted by Gasteiger charge is 2.26. The average molecular weight is 312 g/mol. The standard InChI is InChI=1S/C19H20O4/c20-16-7-1-13(2-8-16)14-5-11-18(12-6-14)23-19(22)15-3-9-17(21)10-4-15/h1-2,5-8,11-12,15,17,20-21H,3-4,9-10H2. The van der Waals surface area contributed by atoms with Gasteiger partial charge in [-0.3, -0.25) is 4.79 Å². The first-order valence-corrected chi connectivity index (χ1v) is 7.91. The number of ether oxygens (including phenoxy) is 1. The summed E-state index contributed by atoms with van der Waals surface area (Å²) in [5, 5.41) is 18.8. The molecule has 4 nitrogen and oxygen atoms in total. The normalized spacial score (nSPS) is 20.9. The van der Waals surface area contributed by atoms with Gasteiger partial charge in [0.1, 0.15) is 11.5 Å². The number of esters is 1. The lowest BCUT2D eigenvalue weighted by molar-refractivity contribution is -0.140. The molecule has 2 N–H and O–H groups in total. The van der Waals surface area contributed by atoms with Gasteiger partial charge in [0.2, 0.25) is 0 Å². The lowest BCUT2D eigenvalue weighted by Crippen LogP contribution is -2.27. The van der Waals surface area contributed by atoms with Gasteiger partial charge in [-0.2, -0.15) is 0 Å². The summed E-state index contributed by atoms with van der Waals surface area (Å²) in [7, 11) is 0. The van der Waals surface area contributed by atoms with Crippen molar-refractivity contribution in [3.05, 3.63) is 48.5 Å². The number of hydrogen-bond donors (Lipinski definition) is 2. The molecule has 0 unspecified atom stereocenters. The van der Waals surface area contributed by atoms with E-state index in [0.29, 0.717) is 31.4 Å². The van der Waals surface area contributed by atoms with Gasteiger partial charge in [-0.15, -0.1) is 0 Å². The van der Waals surface area contributed by atoms with E-state index >= 15 is 0 Å². The van der Waals surface area contributed by atoms with E-state index < -0.39 is 0 Å². The molecule has 0 amide bonds. The van der Waals surface area contributed by atoms with E-state index in [4.69, 9.17) is 4.74 Å². The van der Waals surface area contributed by atoms with Gasteiger partial charge in [-0.25, -0.2) is 0 Å². The number of aromatic hydroxyl groups is 1. The molecule has 1 aliphatic carbocycles. The molecule has 0 aliphatic heterocycles. The number of rotatable bonds is 3. The summed E-state index contributed by atoms with van der Waals surface area (Å²) in [4.78, 5) is 12.1. The van der Waals surface area contributed by atoms with Crippen LogP contribution < -0.4 is 4.74 Å². The van der Waals surface area contributed by atoms with Crippen LogP contribution in [0.3, 0.4) is 0 Å². The van der Waals surface area contributed by atoms with E-state index in [1.54, 1.807) is 24.3 Å². The van der Waals surface area contributed by atoms with Crippen molar-refractivity contribution < 1.29 is 19.7 Å². The molecule has 120 valence electrons. The second kappa shape index (κ2) is 6.84. The molecule has 1 aliphatic rings. The van der Waals surface area contributed by atoms with Gasteiger partial charge >= 0.3 is 5.97 Å². The Morgan fingerprint density at radius 3 is 1.96 bits per heavy atom. The smallest absolute Gasteiger partial charge is 0.314 e. The highest BCUT2D eigenvalue weighted by atomic mass is 16.5. The minimum Gasteiger partial charge on any atom is -0.508 e. The lowest BCUT2D eigenvalue weighted by Gasteiger charge is -2.23. The number of phenols is 1. The Kier molecular flexibility index (Phi) is 4.63. The molecular weight excluding hydrogens is 292 g/mol. The van der Waals surface area contributed by atoms with Crippen LogP contribution in [0.4, 0.5) is 0 Å². The van der Waals surface area contributed by atoms with Crippen LogP contribution in [0.5, 0.6) is 11.5 Å². The van der Waals surface area contributed by atoms with Crippen molar-refractivity contribution >= 4 is 5.97 Å². The Morgan fingerprint density at radius 2 is 1.39 bits per heavy atom. The average Bonchev–Trinajstić information content (AvgIpc) is 2.57. The molecule has 0 heterocycles. The van der Waals surface area contributed by atoms with Gasteiger partial charge in [0.05, 0.1) is 12.0 Å². The quantitative estimate of drug-likeness (QED) is 0.672. The lowest BCUT2D eigenvalue weighted by atomic mass is 9.87. The van der Waals surface area contributed by atoms with Crippen molar-refractivity contribution in [1.82, 2.24) is 0 Å².